The van der Waals surface area contributed by atoms with Crippen LogP contribution in [0.2, 0.25) is 0 Å². The number of benzene rings is 1. The molecule has 0 aliphatic carbocycles. The molecule has 0 saturated heterocycles. The van der Waals surface area contributed by atoms with Crippen molar-refractivity contribution < 1.29 is 4.48 Å². The average molecular weight is 944 g/mol. The van der Waals surface area contributed by atoms with Gasteiger partial charge in [-0.1, -0.05) is 338 Å². The van der Waals surface area contributed by atoms with Crippen molar-refractivity contribution in [3.63, 3.8) is 0 Å². The summed E-state index contributed by atoms with van der Waals surface area (Å²) in [7, 11) is 0. The van der Waals surface area contributed by atoms with Gasteiger partial charge in [0.2, 0.25) is 0 Å². The van der Waals surface area contributed by atoms with Gasteiger partial charge in [-0.15, -0.1) is 0 Å². The van der Waals surface area contributed by atoms with Crippen molar-refractivity contribution >= 4 is 0 Å². The van der Waals surface area contributed by atoms with Crippen LogP contribution in [0, 0.1) is 0 Å². The van der Waals surface area contributed by atoms with E-state index in [0.717, 1.165) is 6.54 Å². The Bertz CT molecular complexity index is 1050. The van der Waals surface area contributed by atoms with Crippen molar-refractivity contribution in [1.29, 1.82) is 0 Å². The first kappa shape index (κ1) is 64.4. The zero-order chi connectivity index (χ0) is 48.6. The molecule has 0 fully saturated rings. The summed E-state index contributed by atoms with van der Waals surface area (Å²) in [5.74, 6) is 0. The number of unbranched alkanes of at least 4 members (excludes halogenated alkanes) is 42. The predicted octanol–water partition coefficient (Wildman–Crippen LogP) is 23.5. The molecule has 1 aromatic carbocycles. The highest BCUT2D eigenvalue weighted by Gasteiger charge is 2.26. The first-order chi connectivity index (χ1) is 33.8. The van der Waals surface area contributed by atoms with Gasteiger partial charge in [-0.05, 0) is 38.5 Å². The lowest BCUT2D eigenvalue weighted by atomic mass is 10.0. The Hall–Kier alpha value is -1.60. The third-order valence-electron chi connectivity index (χ3n) is 15.3. The van der Waals surface area contributed by atoms with E-state index in [1.54, 1.807) is 0 Å². The highest BCUT2D eigenvalue weighted by Crippen LogP contribution is 2.21. The molecular formula is C67H124N+. The van der Waals surface area contributed by atoms with E-state index in [0.29, 0.717) is 0 Å². The number of hydrogen-bond donors (Lipinski definition) is 0. The number of rotatable bonds is 56. The Kier molecular flexibility index (Phi) is 51.8. The second-order valence-electron chi connectivity index (χ2n) is 22.1. The summed E-state index contributed by atoms with van der Waals surface area (Å²) in [6.07, 6.45) is 83.1. The topological polar surface area (TPSA) is 0 Å². The van der Waals surface area contributed by atoms with Crippen molar-refractivity contribution in [3.05, 3.63) is 72.4 Å². The second kappa shape index (κ2) is 54.7. The van der Waals surface area contributed by atoms with Crippen molar-refractivity contribution in [2.75, 3.05) is 19.6 Å². The summed E-state index contributed by atoms with van der Waals surface area (Å²) in [5, 5.41) is 0. The molecule has 396 valence electrons. The Balaban J connectivity index is 2.52. The fourth-order valence-corrected chi connectivity index (χ4v) is 10.7. The first-order valence-electron chi connectivity index (χ1n) is 31.6. The van der Waals surface area contributed by atoms with Crippen LogP contribution in [0.4, 0.5) is 0 Å². The molecule has 1 heteroatoms. The van der Waals surface area contributed by atoms with Crippen molar-refractivity contribution in [3.8, 4) is 0 Å². The Morgan fingerprint density at radius 1 is 0.250 bits per heavy atom. The molecule has 0 spiro atoms. The van der Waals surface area contributed by atoms with Gasteiger partial charge in [0.15, 0.2) is 0 Å². The van der Waals surface area contributed by atoms with E-state index < -0.39 is 0 Å². The summed E-state index contributed by atoms with van der Waals surface area (Å²) in [5.41, 5.74) is 1.51. The highest BCUT2D eigenvalue weighted by molar-refractivity contribution is 5.13. The van der Waals surface area contributed by atoms with Crippen molar-refractivity contribution in [2.45, 2.75) is 336 Å². The highest BCUT2D eigenvalue weighted by atomic mass is 15.3. The van der Waals surface area contributed by atoms with Crippen LogP contribution in [0.1, 0.15) is 335 Å². The lowest BCUT2D eigenvalue weighted by molar-refractivity contribution is -0.940. The van der Waals surface area contributed by atoms with Gasteiger partial charge in [0.25, 0.3) is 0 Å². The molecule has 0 heterocycles. The third kappa shape index (κ3) is 46.8. The maximum absolute atomic E-state index is 2.55. The van der Waals surface area contributed by atoms with E-state index in [-0.39, 0.29) is 0 Å². The van der Waals surface area contributed by atoms with Crippen molar-refractivity contribution in [2.24, 2.45) is 0 Å². The summed E-state index contributed by atoms with van der Waals surface area (Å²) < 4.78 is 1.21. The van der Waals surface area contributed by atoms with Crippen LogP contribution in [0.15, 0.2) is 66.8 Å². The monoisotopic (exact) mass is 943 g/mol. The van der Waals surface area contributed by atoms with Gasteiger partial charge in [-0.25, -0.2) is 0 Å². The van der Waals surface area contributed by atoms with Gasteiger partial charge in [0, 0.05) is 24.8 Å². The van der Waals surface area contributed by atoms with E-state index in [1.807, 2.05) is 0 Å². The predicted molar refractivity (Wildman–Crippen MR) is 311 cm³/mol. The van der Waals surface area contributed by atoms with E-state index >= 15 is 0 Å². The summed E-state index contributed by atoms with van der Waals surface area (Å²) >= 11 is 0. The SMILES string of the molecule is CCCCCCCCCCCCCCCC/C=C/CC[N+](CC/C=C/CCCCCCCCCCCCCCCC)(CC/C=C/CCCCCCCCCCCCCCCC)Cc1ccccc1. The van der Waals surface area contributed by atoms with Gasteiger partial charge >= 0.3 is 0 Å². The molecule has 0 amide bonds. The molecule has 0 aliphatic heterocycles. The third-order valence-corrected chi connectivity index (χ3v) is 15.3. The molecule has 68 heavy (non-hydrogen) atoms. The van der Waals surface area contributed by atoms with Crippen LogP contribution in [-0.2, 0) is 6.54 Å². The van der Waals surface area contributed by atoms with E-state index in [9.17, 15) is 0 Å². The van der Waals surface area contributed by atoms with Crippen LogP contribution < -0.4 is 0 Å². The fraction of sp³-hybridized carbons (Fsp3) is 0.821. The zero-order valence-corrected chi connectivity index (χ0v) is 47.1. The number of quaternary nitrogens is 1. The molecule has 0 saturated carbocycles. The summed E-state index contributed by atoms with van der Waals surface area (Å²) in [6, 6.07) is 11.5. The molecule has 0 aliphatic rings. The maximum atomic E-state index is 2.55. The van der Waals surface area contributed by atoms with Crippen LogP contribution >= 0.6 is 0 Å². The van der Waals surface area contributed by atoms with E-state index in [2.05, 4.69) is 87.6 Å². The van der Waals surface area contributed by atoms with Crippen LogP contribution in [0.3, 0.4) is 0 Å². The average Bonchev–Trinajstić information content (AvgIpc) is 3.35. The molecular weight excluding hydrogens is 819 g/mol. The van der Waals surface area contributed by atoms with Gasteiger partial charge < -0.3 is 4.48 Å². The largest absolute Gasteiger partial charge is 0.319 e. The molecule has 0 radical (unpaired) electrons. The normalized spacial score (nSPS) is 12.3. The molecule has 1 rings (SSSR count). The Morgan fingerprint density at radius 2 is 0.456 bits per heavy atom. The lowest BCUT2D eigenvalue weighted by Crippen LogP contribution is -2.49. The molecule has 0 N–H and O–H groups in total. The molecule has 0 atom stereocenters. The fourth-order valence-electron chi connectivity index (χ4n) is 10.7. The zero-order valence-electron chi connectivity index (χ0n) is 47.1. The number of allylic oxidation sites excluding steroid dienone is 3. The molecule has 0 unspecified atom stereocenters. The minimum atomic E-state index is 1.16. The molecule has 1 aromatic rings. The smallest absolute Gasteiger partial charge is 0.104 e. The minimum absolute atomic E-state index is 1.16. The molecule has 0 aromatic heterocycles. The van der Waals surface area contributed by atoms with Gasteiger partial charge in [0.05, 0.1) is 19.6 Å². The standard InChI is InChI=1S/C67H124N/c1-4-7-10-13-16-19-22-25-28-31-34-37-40-43-46-49-52-58-63-68(66-67-61-56-55-57-62-67,64-59-53-50-47-44-41-38-35-32-29-26-23-20-17-14-11-8-5-2)65-60-54-51-48-45-42-39-36-33-30-27-24-21-18-15-12-9-6-3/h49-57,61-62H,4-48,58-60,63-66H2,1-3H3/q+1/b52-49+,53-50+,54-51+. The summed E-state index contributed by atoms with van der Waals surface area (Å²) in [4.78, 5) is 0. The lowest BCUT2D eigenvalue weighted by Gasteiger charge is -2.39. The maximum Gasteiger partial charge on any atom is 0.104 e. The second-order valence-corrected chi connectivity index (χ2v) is 22.1. The first-order valence-corrected chi connectivity index (χ1v) is 31.6. The number of nitrogens with zero attached hydrogens (tertiary/aromatic N) is 1. The minimum Gasteiger partial charge on any atom is -0.319 e. The molecule has 0 bridgehead atoms. The number of hydrogen-bond acceptors (Lipinski definition) is 0. The van der Waals surface area contributed by atoms with Crippen molar-refractivity contribution in [1.82, 2.24) is 0 Å². The van der Waals surface area contributed by atoms with Crippen LogP contribution in [-0.4, -0.2) is 24.1 Å². The Morgan fingerprint density at radius 3 is 0.691 bits per heavy atom. The summed E-state index contributed by atoms with van der Waals surface area (Å²) in [6.45, 7) is 11.9. The van der Waals surface area contributed by atoms with Gasteiger partial charge in [0.1, 0.15) is 6.54 Å². The quantitative estimate of drug-likeness (QED) is 0.0347. The Labute approximate surface area is 430 Å². The molecule has 1 nitrogen and oxygen atoms in total. The van der Waals surface area contributed by atoms with E-state index in [4.69, 9.17) is 0 Å². The van der Waals surface area contributed by atoms with Gasteiger partial charge in [-0.3, -0.25) is 0 Å². The van der Waals surface area contributed by atoms with Gasteiger partial charge in [-0.2, -0.15) is 0 Å². The van der Waals surface area contributed by atoms with E-state index in [1.165, 1.54) is 338 Å². The van der Waals surface area contributed by atoms with Crippen LogP contribution in [0.5, 0.6) is 0 Å². The van der Waals surface area contributed by atoms with Crippen LogP contribution in [0.25, 0.3) is 0 Å².